The highest BCUT2D eigenvalue weighted by molar-refractivity contribution is 5.94. The number of hydrogen-bond acceptors (Lipinski definition) is 5. The van der Waals surface area contributed by atoms with Crippen molar-refractivity contribution < 1.29 is 9.72 Å². The number of nitro groups is 1. The summed E-state index contributed by atoms with van der Waals surface area (Å²) >= 11 is 0. The molecule has 1 aliphatic rings. The molecular weight excluding hydrogens is 308 g/mol. The Morgan fingerprint density at radius 2 is 2.12 bits per heavy atom. The molecule has 0 radical (unpaired) electrons. The van der Waals surface area contributed by atoms with Gasteiger partial charge < -0.3 is 10.2 Å². The lowest BCUT2D eigenvalue weighted by Gasteiger charge is -2.27. The molecule has 1 N–H and O–H groups in total. The van der Waals surface area contributed by atoms with Gasteiger partial charge in [-0.05, 0) is 36.6 Å². The van der Waals surface area contributed by atoms with E-state index in [1.54, 1.807) is 6.07 Å². The summed E-state index contributed by atoms with van der Waals surface area (Å²) in [6, 6.07) is 10.8. The zero-order valence-electron chi connectivity index (χ0n) is 13.1. The summed E-state index contributed by atoms with van der Waals surface area (Å²) in [7, 11) is 0. The summed E-state index contributed by atoms with van der Waals surface area (Å²) in [5.74, 6) is 0.739. The van der Waals surface area contributed by atoms with Crippen molar-refractivity contribution in [1.82, 2.24) is 4.98 Å². The number of hydrogen-bond donors (Lipinski definition) is 1. The number of piperidine rings is 1. The third-order valence-electron chi connectivity index (χ3n) is 3.98. The lowest BCUT2D eigenvalue weighted by atomic mass is 10.1. The van der Waals surface area contributed by atoms with Crippen LogP contribution in [0.5, 0.6) is 0 Å². The fourth-order valence-electron chi connectivity index (χ4n) is 2.70. The number of carbonyl (C=O) groups is 1. The smallest absolute Gasteiger partial charge is 0.287 e. The van der Waals surface area contributed by atoms with E-state index in [0.717, 1.165) is 30.6 Å². The van der Waals surface area contributed by atoms with Gasteiger partial charge in [0.2, 0.25) is 5.91 Å². The van der Waals surface area contributed by atoms with Crippen molar-refractivity contribution in [2.24, 2.45) is 0 Å². The first-order valence-corrected chi connectivity index (χ1v) is 7.87. The highest BCUT2D eigenvalue weighted by Crippen LogP contribution is 2.22. The molecule has 1 fully saturated rings. The van der Waals surface area contributed by atoms with Crippen LogP contribution in [0, 0.1) is 10.1 Å². The van der Waals surface area contributed by atoms with Crippen LogP contribution in [0.25, 0.3) is 0 Å². The number of pyridine rings is 1. The fraction of sp³-hybridized carbons (Fsp3) is 0.294. The molecule has 124 valence electrons. The molecule has 0 aliphatic carbocycles. The first-order chi connectivity index (χ1) is 11.6. The van der Waals surface area contributed by atoms with Gasteiger partial charge in [-0.25, -0.2) is 4.98 Å². The van der Waals surface area contributed by atoms with E-state index in [1.165, 1.54) is 12.3 Å². The molecule has 1 aromatic heterocycles. The minimum absolute atomic E-state index is 0.0360. The Morgan fingerprint density at radius 1 is 1.25 bits per heavy atom. The maximum absolute atomic E-state index is 12.0. The monoisotopic (exact) mass is 326 g/mol. The zero-order valence-corrected chi connectivity index (χ0v) is 13.1. The minimum atomic E-state index is -0.476. The molecule has 0 spiro atoms. The summed E-state index contributed by atoms with van der Waals surface area (Å²) in [4.78, 5) is 28.0. The molecule has 2 aromatic rings. The molecule has 24 heavy (non-hydrogen) atoms. The average Bonchev–Trinajstić information content (AvgIpc) is 2.61. The van der Waals surface area contributed by atoms with Crippen LogP contribution in [0.15, 0.2) is 42.6 Å². The van der Waals surface area contributed by atoms with Gasteiger partial charge in [0.25, 0.3) is 5.69 Å². The number of anilines is 2. The summed E-state index contributed by atoms with van der Waals surface area (Å²) in [5.41, 5.74) is 1.90. The Bertz CT molecular complexity index is 746. The van der Waals surface area contributed by atoms with E-state index in [1.807, 2.05) is 29.2 Å². The van der Waals surface area contributed by atoms with E-state index < -0.39 is 4.92 Å². The molecule has 1 saturated heterocycles. The molecule has 1 aliphatic heterocycles. The van der Waals surface area contributed by atoms with E-state index in [0.29, 0.717) is 18.8 Å². The quantitative estimate of drug-likeness (QED) is 0.673. The van der Waals surface area contributed by atoms with Crippen LogP contribution in [-0.4, -0.2) is 22.4 Å². The van der Waals surface area contributed by atoms with E-state index >= 15 is 0 Å². The first-order valence-electron chi connectivity index (χ1n) is 7.87. The normalized spacial score (nSPS) is 14.5. The van der Waals surface area contributed by atoms with Gasteiger partial charge in [0.05, 0.1) is 4.92 Å². The summed E-state index contributed by atoms with van der Waals surface area (Å²) in [6.07, 6.45) is 3.82. The zero-order chi connectivity index (χ0) is 16.9. The Morgan fingerprint density at radius 3 is 2.83 bits per heavy atom. The highest BCUT2D eigenvalue weighted by atomic mass is 16.6. The summed E-state index contributed by atoms with van der Waals surface area (Å²) < 4.78 is 0. The molecular formula is C17H18N4O3. The van der Waals surface area contributed by atoms with Crippen molar-refractivity contribution in [3.05, 3.63) is 58.3 Å². The summed E-state index contributed by atoms with van der Waals surface area (Å²) in [6.45, 7) is 1.29. The number of rotatable bonds is 5. The Hall–Kier alpha value is -2.96. The number of carbonyl (C=O) groups excluding carboxylic acids is 1. The standard InChI is InChI=1S/C17H18N4O3/c22-17-6-1-2-9-20(17)14-5-3-4-13(10-14)11-18-16-8-7-15(12-19-16)21(23)24/h3-5,7-8,10,12H,1-2,6,9,11H2,(H,18,19). The molecule has 0 bridgehead atoms. The van der Waals surface area contributed by atoms with Crippen LogP contribution >= 0.6 is 0 Å². The van der Waals surface area contributed by atoms with Crippen LogP contribution in [0.2, 0.25) is 0 Å². The molecule has 0 saturated carbocycles. The second-order valence-corrected chi connectivity index (χ2v) is 5.68. The van der Waals surface area contributed by atoms with E-state index in [-0.39, 0.29) is 11.6 Å². The Kier molecular flexibility index (Phi) is 4.69. The maximum atomic E-state index is 12.0. The summed E-state index contributed by atoms with van der Waals surface area (Å²) in [5, 5.41) is 13.8. The van der Waals surface area contributed by atoms with Gasteiger partial charge in [-0.2, -0.15) is 0 Å². The lowest BCUT2D eigenvalue weighted by Crippen LogP contribution is -2.35. The van der Waals surface area contributed by atoms with Gasteiger partial charge in [0.1, 0.15) is 12.0 Å². The molecule has 3 rings (SSSR count). The number of nitrogens with one attached hydrogen (secondary N) is 1. The number of nitrogens with zero attached hydrogens (tertiary/aromatic N) is 3. The van der Waals surface area contributed by atoms with Crippen molar-refractivity contribution in [3.8, 4) is 0 Å². The molecule has 2 heterocycles. The second kappa shape index (κ2) is 7.08. The lowest BCUT2D eigenvalue weighted by molar-refractivity contribution is -0.385. The second-order valence-electron chi connectivity index (χ2n) is 5.68. The number of benzene rings is 1. The first kappa shape index (κ1) is 15.9. The van der Waals surface area contributed by atoms with Gasteiger partial charge in [-0.1, -0.05) is 12.1 Å². The van der Waals surface area contributed by atoms with Gasteiger partial charge in [0.15, 0.2) is 0 Å². The van der Waals surface area contributed by atoms with Crippen molar-refractivity contribution in [1.29, 1.82) is 0 Å². The van der Waals surface area contributed by atoms with Crippen LogP contribution < -0.4 is 10.2 Å². The SMILES string of the molecule is O=C1CCCCN1c1cccc(CNc2ccc([N+](=O)[O-])cn2)c1. The average molecular weight is 326 g/mol. The Balaban J connectivity index is 1.66. The van der Waals surface area contributed by atoms with E-state index in [9.17, 15) is 14.9 Å². The van der Waals surface area contributed by atoms with Crippen LogP contribution in [0.1, 0.15) is 24.8 Å². The van der Waals surface area contributed by atoms with E-state index in [2.05, 4.69) is 10.3 Å². The Labute approximate surface area is 139 Å². The van der Waals surface area contributed by atoms with Crippen molar-refractivity contribution >= 4 is 23.1 Å². The molecule has 0 unspecified atom stereocenters. The van der Waals surface area contributed by atoms with Gasteiger partial charge in [-0.3, -0.25) is 14.9 Å². The highest BCUT2D eigenvalue weighted by Gasteiger charge is 2.19. The third kappa shape index (κ3) is 3.68. The van der Waals surface area contributed by atoms with Gasteiger partial charge in [0, 0.05) is 31.3 Å². The fourth-order valence-corrected chi connectivity index (χ4v) is 2.70. The number of amides is 1. The molecule has 7 heteroatoms. The maximum Gasteiger partial charge on any atom is 0.287 e. The van der Waals surface area contributed by atoms with Gasteiger partial charge in [-0.15, -0.1) is 0 Å². The van der Waals surface area contributed by atoms with Crippen LogP contribution in [0.4, 0.5) is 17.2 Å². The molecule has 7 nitrogen and oxygen atoms in total. The van der Waals surface area contributed by atoms with E-state index in [4.69, 9.17) is 0 Å². The van der Waals surface area contributed by atoms with Crippen molar-refractivity contribution in [2.75, 3.05) is 16.8 Å². The third-order valence-corrected chi connectivity index (χ3v) is 3.98. The topological polar surface area (TPSA) is 88.4 Å². The van der Waals surface area contributed by atoms with Gasteiger partial charge >= 0.3 is 0 Å². The predicted octanol–water partition coefficient (Wildman–Crippen LogP) is 3.12. The van der Waals surface area contributed by atoms with Crippen molar-refractivity contribution in [2.45, 2.75) is 25.8 Å². The molecule has 1 amide bonds. The van der Waals surface area contributed by atoms with Crippen molar-refractivity contribution in [3.63, 3.8) is 0 Å². The number of aromatic nitrogens is 1. The minimum Gasteiger partial charge on any atom is -0.366 e. The van der Waals surface area contributed by atoms with Crippen LogP contribution in [-0.2, 0) is 11.3 Å². The molecule has 0 atom stereocenters. The van der Waals surface area contributed by atoms with Crippen LogP contribution in [0.3, 0.4) is 0 Å². The predicted molar refractivity (Wildman–Crippen MR) is 90.9 cm³/mol. The largest absolute Gasteiger partial charge is 0.366 e. The molecule has 1 aromatic carbocycles.